The third-order valence-electron chi connectivity index (χ3n) is 7.10. The van der Waals surface area contributed by atoms with Crippen LogP contribution in [0.5, 0.6) is 0 Å². The molecule has 2 aliphatic carbocycles. The smallest absolute Gasteiger partial charge is 0.322 e. The van der Waals surface area contributed by atoms with Crippen LogP contribution in [0.15, 0.2) is 59.7 Å². The van der Waals surface area contributed by atoms with E-state index < -0.39 is 29.7 Å². The van der Waals surface area contributed by atoms with Crippen LogP contribution in [0.1, 0.15) is 46.4 Å². The lowest BCUT2D eigenvalue weighted by Crippen LogP contribution is -2.62. The molecule has 2 saturated carbocycles. The molecule has 1 aliphatic heterocycles. The fourth-order valence-electron chi connectivity index (χ4n) is 5.31. The highest BCUT2D eigenvalue weighted by atomic mass is 16.2. The summed E-state index contributed by atoms with van der Waals surface area (Å²) in [7, 11) is 0. The second kappa shape index (κ2) is 9.73. The summed E-state index contributed by atoms with van der Waals surface area (Å²) in [4.78, 5) is 63.6. The standard InChI is InChI=1S/C26H25N5O5/c32-22(16-4-2-1-3-5-16)28-19-10-8-17(9-11-19)23(33)30-27-14-20-24(34)29-26(36)31(25(20)35)21-13-15-6-7-18(21)12-15/h1-5,8-11,14-15,18,20-21H,6-7,12-13H2,(H,28,32)(H,30,33)(H,29,34,36)/b27-14-/t15-,18-,20-,21+/m0/s1. The fraction of sp³-hybridized carbons (Fsp3) is 0.308. The summed E-state index contributed by atoms with van der Waals surface area (Å²) >= 11 is 0. The predicted octanol–water partition coefficient (Wildman–Crippen LogP) is 2.54. The van der Waals surface area contributed by atoms with Gasteiger partial charge < -0.3 is 5.32 Å². The minimum Gasteiger partial charge on any atom is -0.322 e. The molecule has 0 unspecified atom stereocenters. The van der Waals surface area contributed by atoms with Crippen LogP contribution in [0.2, 0.25) is 0 Å². The number of carbonyl (C=O) groups excluding carboxylic acids is 5. The summed E-state index contributed by atoms with van der Waals surface area (Å²) in [6, 6.07) is 14.0. The van der Waals surface area contributed by atoms with Crippen LogP contribution >= 0.6 is 0 Å². The molecule has 0 radical (unpaired) electrons. The number of benzene rings is 2. The normalized spacial score (nSPS) is 25.2. The molecule has 0 aromatic heterocycles. The summed E-state index contributed by atoms with van der Waals surface area (Å²) in [5, 5.41) is 8.79. The first kappa shape index (κ1) is 23.4. The van der Waals surface area contributed by atoms with Gasteiger partial charge in [0.2, 0.25) is 11.8 Å². The van der Waals surface area contributed by atoms with Crippen molar-refractivity contribution in [3.05, 3.63) is 65.7 Å². The van der Waals surface area contributed by atoms with Gasteiger partial charge in [0.25, 0.3) is 11.8 Å². The fourth-order valence-corrected chi connectivity index (χ4v) is 5.31. The van der Waals surface area contributed by atoms with Gasteiger partial charge in [-0.3, -0.25) is 29.4 Å². The molecule has 0 spiro atoms. The zero-order chi connectivity index (χ0) is 25.2. The number of amides is 6. The molecule has 3 N–H and O–H groups in total. The van der Waals surface area contributed by atoms with E-state index in [1.54, 1.807) is 36.4 Å². The molecule has 2 aromatic rings. The summed E-state index contributed by atoms with van der Waals surface area (Å²) < 4.78 is 0. The molecule has 6 amide bonds. The highest BCUT2D eigenvalue weighted by molar-refractivity contribution is 6.23. The Kier molecular flexibility index (Phi) is 6.32. The van der Waals surface area contributed by atoms with Gasteiger partial charge in [-0.15, -0.1) is 0 Å². The van der Waals surface area contributed by atoms with Crippen molar-refractivity contribution >= 4 is 41.6 Å². The molecular formula is C26H25N5O5. The zero-order valence-corrected chi connectivity index (χ0v) is 19.3. The molecule has 1 heterocycles. The van der Waals surface area contributed by atoms with Gasteiger partial charge in [0.05, 0.1) is 0 Å². The van der Waals surface area contributed by atoms with Gasteiger partial charge in [-0.05, 0) is 67.5 Å². The monoisotopic (exact) mass is 487 g/mol. The van der Waals surface area contributed by atoms with Gasteiger partial charge in [-0.1, -0.05) is 24.6 Å². The number of nitrogens with one attached hydrogen (secondary N) is 3. The zero-order valence-electron chi connectivity index (χ0n) is 19.3. The summed E-state index contributed by atoms with van der Waals surface area (Å²) in [5.74, 6) is -2.71. The van der Waals surface area contributed by atoms with Gasteiger partial charge in [0.15, 0.2) is 5.92 Å². The van der Waals surface area contributed by atoms with Gasteiger partial charge in [-0.2, -0.15) is 5.10 Å². The Labute approximate surface area is 207 Å². The Balaban J connectivity index is 1.19. The number of urea groups is 1. The van der Waals surface area contributed by atoms with Crippen molar-refractivity contribution < 1.29 is 24.0 Å². The maximum absolute atomic E-state index is 13.0. The first-order valence-electron chi connectivity index (χ1n) is 11.9. The van der Waals surface area contributed by atoms with Crippen LogP contribution in [0.25, 0.3) is 0 Å². The second-order valence-electron chi connectivity index (χ2n) is 9.34. The lowest BCUT2D eigenvalue weighted by molar-refractivity contribution is -0.141. The Hall–Kier alpha value is -4.34. The summed E-state index contributed by atoms with van der Waals surface area (Å²) in [6.45, 7) is 0. The number of barbiturate groups is 1. The number of nitrogens with zero attached hydrogens (tertiary/aromatic N) is 2. The van der Waals surface area contributed by atoms with Crippen LogP contribution in [0.3, 0.4) is 0 Å². The Morgan fingerprint density at radius 1 is 0.917 bits per heavy atom. The largest absolute Gasteiger partial charge is 0.331 e. The number of hydrogen-bond acceptors (Lipinski definition) is 6. The van der Waals surface area contributed by atoms with Gasteiger partial charge in [0, 0.05) is 29.1 Å². The molecule has 2 aromatic carbocycles. The van der Waals surface area contributed by atoms with E-state index in [0.29, 0.717) is 17.2 Å². The molecule has 10 nitrogen and oxygen atoms in total. The minimum absolute atomic E-state index is 0.198. The SMILES string of the molecule is O=C(N/N=C\[C@H]1C(=O)NC(=O)N([C@@H]2C[C@H]3CC[C@H]2C3)C1=O)c1ccc(NC(=O)c2ccccc2)cc1. The van der Waals surface area contributed by atoms with Crippen molar-refractivity contribution in [2.75, 3.05) is 5.32 Å². The van der Waals surface area contributed by atoms with Crippen molar-refractivity contribution in [2.45, 2.75) is 31.7 Å². The van der Waals surface area contributed by atoms with E-state index in [2.05, 4.69) is 21.2 Å². The molecule has 5 rings (SSSR count). The van der Waals surface area contributed by atoms with Crippen LogP contribution in [-0.4, -0.2) is 46.8 Å². The number of rotatable bonds is 6. The van der Waals surface area contributed by atoms with E-state index in [9.17, 15) is 24.0 Å². The molecule has 2 bridgehead atoms. The molecule has 36 heavy (non-hydrogen) atoms. The number of fused-ring (bicyclic) bond motifs is 2. The average Bonchev–Trinajstić information content (AvgIpc) is 3.51. The maximum atomic E-state index is 13.0. The van der Waals surface area contributed by atoms with Crippen molar-refractivity contribution in [1.29, 1.82) is 0 Å². The number of imide groups is 2. The number of carbonyl (C=O) groups is 5. The molecule has 3 aliphatic rings. The first-order valence-corrected chi connectivity index (χ1v) is 11.9. The molecule has 3 fully saturated rings. The van der Waals surface area contributed by atoms with E-state index >= 15 is 0 Å². The first-order chi connectivity index (χ1) is 17.4. The number of anilines is 1. The molecular weight excluding hydrogens is 462 g/mol. The Morgan fingerprint density at radius 3 is 2.31 bits per heavy atom. The Morgan fingerprint density at radius 2 is 1.64 bits per heavy atom. The van der Waals surface area contributed by atoms with E-state index in [-0.39, 0.29) is 23.4 Å². The topological polar surface area (TPSA) is 137 Å². The van der Waals surface area contributed by atoms with Crippen LogP contribution in [0, 0.1) is 17.8 Å². The quantitative estimate of drug-likeness (QED) is 0.327. The van der Waals surface area contributed by atoms with Crippen molar-refractivity contribution in [1.82, 2.24) is 15.6 Å². The summed E-state index contributed by atoms with van der Waals surface area (Å²) in [5.41, 5.74) is 3.59. The van der Waals surface area contributed by atoms with Crippen LogP contribution < -0.4 is 16.1 Å². The lowest BCUT2D eigenvalue weighted by atomic mass is 9.92. The van der Waals surface area contributed by atoms with Crippen LogP contribution in [0.4, 0.5) is 10.5 Å². The maximum Gasteiger partial charge on any atom is 0.331 e. The Bertz CT molecular complexity index is 1240. The highest BCUT2D eigenvalue weighted by Crippen LogP contribution is 2.47. The lowest BCUT2D eigenvalue weighted by Gasteiger charge is -2.36. The highest BCUT2D eigenvalue weighted by Gasteiger charge is 2.50. The predicted molar refractivity (Wildman–Crippen MR) is 130 cm³/mol. The van der Waals surface area contributed by atoms with Crippen molar-refractivity contribution in [3.63, 3.8) is 0 Å². The van der Waals surface area contributed by atoms with E-state index in [1.807, 2.05) is 6.07 Å². The van der Waals surface area contributed by atoms with E-state index in [4.69, 9.17) is 0 Å². The van der Waals surface area contributed by atoms with Crippen LogP contribution in [-0.2, 0) is 9.59 Å². The third-order valence-corrected chi connectivity index (χ3v) is 7.10. The summed E-state index contributed by atoms with van der Waals surface area (Å²) in [6.07, 6.45) is 4.90. The second-order valence-corrected chi connectivity index (χ2v) is 9.34. The molecule has 4 atom stereocenters. The van der Waals surface area contributed by atoms with Gasteiger partial charge in [0.1, 0.15) is 0 Å². The minimum atomic E-state index is -1.29. The van der Waals surface area contributed by atoms with Crippen molar-refractivity contribution in [3.8, 4) is 0 Å². The van der Waals surface area contributed by atoms with E-state index in [0.717, 1.165) is 31.9 Å². The van der Waals surface area contributed by atoms with Crippen molar-refractivity contribution in [2.24, 2.45) is 22.9 Å². The average molecular weight is 488 g/mol. The van der Waals surface area contributed by atoms with Gasteiger partial charge >= 0.3 is 6.03 Å². The third kappa shape index (κ3) is 4.61. The number of hydrazone groups is 1. The van der Waals surface area contributed by atoms with E-state index in [1.165, 1.54) is 17.0 Å². The molecule has 10 heteroatoms. The van der Waals surface area contributed by atoms with Gasteiger partial charge in [-0.25, -0.2) is 10.2 Å². The molecule has 1 saturated heterocycles. The molecule has 184 valence electrons. The number of hydrogen-bond donors (Lipinski definition) is 3.